The van der Waals surface area contributed by atoms with Gasteiger partial charge >= 0.3 is 0 Å². The highest BCUT2D eigenvalue weighted by atomic mass is 16.6. The Morgan fingerprint density at radius 2 is 2.03 bits per heavy atom. The normalized spacial score (nSPS) is 29.7. The molecule has 38 heavy (non-hydrogen) atoms. The third-order valence-corrected chi connectivity index (χ3v) is 8.29. The van der Waals surface area contributed by atoms with Crippen molar-refractivity contribution in [1.82, 2.24) is 25.2 Å². The summed E-state index contributed by atoms with van der Waals surface area (Å²) in [6, 6.07) is 6.04. The summed E-state index contributed by atoms with van der Waals surface area (Å²) < 4.78 is 13.6. The molecule has 1 aromatic heterocycles. The first-order valence-corrected chi connectivity index (χ1v) is 13.7. The van der Waals surface area contributed by atoms with Gasteiger partial charge < -0.3 is 24.8 Å². The smallest absolute Gasteiger partial charge is 0.248 e. The molecular formula is C28H37N5O5. The second-order valence-electron chi connectivity index (χ2n) is 12.5. The van der Waals surface area contributed by atoms with E-state index in [0.29, 0.717) is 25.6 Å². The zero-order valence-electron chi connectivity index (χ0n) is 22.3. The second kappa shape index (κ2) is 9.34. The van der Waals surface area contributed by atoms with E-state index in [1.165, 1.54) is 4.90 Å². The number of carbonyl (C=O) groups is 2. The highest BCUT2D eigenvalue weighted by Gasteiger charge is 2.48. The molecule has 1 saturated carbocycles. The standard InChI is InChI=1S/C28H37N5O5/c1-27(2,3)24(33-15-21(30-31-33)17-8-9-17)26(36)32-14-18(34)12-22(32)25(35)29-20-13-28(10-11-37-16-28)38-23-7-5-4-6-19(20)23/h4-7,15,17-18,20,22,24,34H,8-14,16H2,1-3H3,(H,29,35)/t18?,20?,22?,24-,28?/m0/s1. The first-order chi connectivity index (χ1) is 18.1. The van der Waals surface area contributed by atoms with Gasteiger partial charge in [-0.15, -0.1) is 5.10 Å². The zero-order chi connectivity index (χ0) is 26.7. The molecule has 3 aliphatic heterocycles. The summed E-state index contributed by atoms with van der Waals surface area (Å²) in [5.74, 6) is 0.673. The van der Waals surface area contributed by atoms with Gasteiger partial charge in [-0.3, -0.25) is 9.59 Å². The van der Waals surface area contributed by atoms with Crippen molar-refractivity contribution >= 4 is 11.8 Å². The lowest BCUT2D eigenvalue weighted by Crippen LogP contribution is -2.52. The molecule has 0 bridgehead atoms. The van der Waals surface area contributed by atoms with Crippen molar-refractivity contribution in [3.05, 3.63) is 41.7 Å². The fourth-order valence-corrected chi connectivity index (χ4v) is 6.17. The van der Waals surface area contributed by atoms with Crippen LogP contribution >= 0.6 is 0 Å². The molecule has 4 unspecified atom stereocenters. The number of aliphatic hydroxyl groups is 1. The van der Waals surface area contributed by atoms with Crippen LogP contribution < -0.4 is 10.1 Å². The van der Waals surface area contributed by atoms with Crippen LogP contribution in [0.4, 0.5) is 0 Å². The highest BCUT2D eigenvalue weighted by Crippen LogP contribution is 2.44. The Morgan fingerprint density at radius 3 is 2.74 bits per heavy atom. The van der Waals surface area contributed by atoms with E-state index >= 15 is 0 Å². The number of benzene rings is 1. The summed E-state index contributed by atoms with van der Waals surface area (Å²) in [4.78, 5) is 29.4. The van der Waals surface area contributed by atoms with E-state index in [9.17, 15) is 14.7 Å². The van der Waals surface area contributed by atoms with Gasteiger partial charge in [0.15, 0.2) is 0 Å². The minimum absolute atomic E-state index is 0.107. The maximum absolute atomic E-state index is 14.1. The molecule has 2 amide bonds. The Morgan fingerprint density at radius 1 is 1.24 bits per heavy atom. The van der Waals surface area contributed by atoms with Gasteiger partial charge in [0.1, 0.15) is 23.4 Å². The van der Waals surface area contributed by atoms with Gasteiger partial charge in [-0.25, -0.2) is 4.68 Å². The van der Waals surface area contributed by atoms with Crippen LogP contribution in [0.1, 0.15) is 82.1 Å². The number of likely N-dealkylation sites (tertiary alicyclic amines) is 1. The third kappa shape index (κ3) is 4.68. The average molecular weight is 524 g/mol. The first kappa shape index (κ1) is 25.3. The molecule has 2 saturated heterocycles. The summed E-state index contributed by atoms with van der Waals surface area (Å²) in [5.41, 5.74) is 0.874. The molecule has 2 aromatic rings. The number of β-amino-alcohol motifs (C(OH)–C–C–N with tert-alkyl or cyclic N) is 1. The van der Waals surface area contributed by atoms with Gasteiger partial charge in [0.2, 0.25) is 11.8 Å². The van der Waals surface area contributed by atoms with E-state index in [0.717, 1.165) is 36.3 Å². The Balaban J connectivity index is 1.24. The van der Waals surface area contributed by atoms with Crippen molar-refractivity contribution in [2.24, 2.45) is 5.41 Å². The number of hydrogen-bond acceptors (Lipinski definition) is 7. The van der Waals surface area contributed by atoms with Crippen LogP contribution in [0.15, 0.2) is 30.5 Å². The van der Waals surface area contributed by atoms with Gasteiger partial charge in [-0.2, -0.15) is 0 Å². The van der Waals surface area contributed by atoms with Crippen LogP contribution in [-0.2, 0) is 14.3 Å². The number of ether oxygens (including phenoxy) is 2. The number of para-hydroxylation sites is 1. The van der Waals surface area contributed by atoms with Crippen LogP contribution in [0.5, 0.6) is 5.75 Å². The lowest BCUT2D eigenvalue weighted by atomic mass is 9.85. The summed E-state index contributed by atoms with van der Waals surface area (Å²) in [5, 5.41) is 22.4. The van der Waals surface area contributed by atoms with Crippen molar-refractivity contribution in [3.63, 3.8) is 0 Å². The predicted molar refractivity (Wildman–Crippen MR) is 137 cm³/mol. The number of fused-ring (bicyclic) bond motifs is 1. The van der Waals surface area contributed by atoms with E-state index in [4.69, 9.17) is 9.47 Å². The van der Waals surface area contributed by atoms with Gasteiger partial charge in [0, 0.05) is 43.5 Å². The highest BCUT2D eigenvalue weighted by molar-refractivity contribution is 5.90. The molecular weight excluding hydrogens is 486 g/mol. The maximum Gasteiger partial charge on any atom is 0.248 e. The molecule has 3 fully saturated rings. The van der Waals surface area contributed by atoms with E-state index in [1.54, 1.807) is 4.68 Å². The van der Waals surface area contributed by atoms with Crippen molar-refractivity contribution in [2.75, 3.05) is 19.8 Å². The SMILES string of the molecule is CC(C)(C)[C@H](C(=O)N1CC(O)CC1C(=O)NC1CC2(CCOC2)Oc2ccccc21)n1cc(C2CC2)nn1. The first-order valence-electron chi connectivity index (χ1n) is 13.7. The molecule has 1 aromatic carbocycles. The van der Waals surface area contributed by atoms with Gasteiger partial charge in [-0.1, -0.05) is 44.2 Å². The van der Waals surface area contributed by atoms with Crippen molar-refractivity contribution in [1.29, 1.82) is 0 Å². The number of aliphatic hydroxyl groups excluding tert-OH is 1. The quantitative estimate of drug-likeness (QED) is 0.618. The molecule has 10 heteroatoms. The molecule has 10 nitrogen and oxygen atoms in total. The van der Waals surface area contributed by atoms with Crippen LogP contribution in [-0.4, -0.2) is 74.3 Å². The number of hydrogen-bond donors (Lipinski definition) is 2. The van der Waals surface area contributed by atoms with E-state index < -0.39 is 29.2 Å². The number of aromatic nitrogens is 3. The number of nitrogens with one attached hydrogen (secondary N) is 1. The Bertz CT molecular complexity index is 1210. The molecule has 204 valence electrons. The van der Waals surface area contributed by atoms with Crippen molar-refractivity contribution < 1.29 is 24.2 Å². The van der Waals surface area contributed by atoms with Crippen LogP contribution in [0.2, 0.25) is 0 Å². The molecule has 4 heterocycles. The fourth-order valence-electron chi connectivity index (χ4n) is 6.17. The third-order valence-electron chi connectivity index (χ3n) is 8.29. The fraction of sp³-hybridized carbons (Fsp3) is 0.643. The van der Waals surface area contributed by atoms with E-state index in [2.05, 4.69) is 15.6 Å². The monoisotopic (exact) mass is 523 g/mol. The molecule has 2 N–H and O–H groups in total. The largest absolute Gasteiger partial charge is 0.484 e. The van der Waals surface area contributed by atoms with Crippen molar-refractivity contribution in [2.45, 2.75) is 88.6 Å². The van der Waals surface area contributed by atoms with E-state index in [-0.39, 0.29) is 30.8 Å². The summed E-state index contributed by atoms with van der Waals surface area (Å²) in [7, 11) is 0. The number of amides is 2. The zero-order valence-corrected chi connectivity index (χ0v) is 22.3. The second-order valence-corrected chi connectivity index (χ2v) is 12.5. The van der Waals surface area contributed by atoms with Crippen LogP contribution in [0.3, 0.4) is 0 Å². The van der Waals surface area contributed by atoms with Gasteiger partial charge in [-0.05, 0) is 24.3 Å². The van der Waals surface area contributed by atoms with Gasteiger partial charge in [0.05, 0.1) is 31.1 Å². The van der Waals surface area contributed by atoms with Gasteiger partial charge in [0.25, 0.3) is 0 Å². The minimum Gasteiger partial charge on any atom is -0.484 e. The molecule has 0 radical (unpaired) electrons. The topological polar surface area (TPSA) is 119 Å². The van der Waals surface area contributed by atoms with E-state index in [1.807, 2.05) is 51.2 Å². The molecule has 4 aliphatic rings. The van der Waals surface area contributed by atoms with Crippen LogP contribution in [0, 0.1) is 5.41 Å². The number of nitrogens with zero attached hydrogens (tertiary/aromatic N) is 4. The molecule has 1 aliphatic carbocycles. The molecule has 1 spiro atoms. The summed E-state index contributed by atoms with van der Waals surface area (Å²) in [6.07, 6.45) is 4.82. The van der Waals surface area contributed by atoms with Crippen LogP contribution in [0.25, 0.3) is 0 Å². The molecule has 6 rings (SSSR count). The Labute approximate surface area is 222 Å². The lowest BCUT2D eigenvalue weighted by molar-refractivity contribution is -0.144. The maximum atomic E-state index is 14.1. The lowest BCUT2D eigenvalue weighted by Gasteiger charge is -2.40. The summed E-state index contributed by atoms with van der Waals surface area (Å²) in [6.45, 7) is 7.16. The number of rotatable bonds is 5. The van der Waals surface area contributed by atoms with Crippen molar-refractivity contribution in [3.8, 4) is 5.75 Å². The molecule has 5 atom stereocenters. The Hall–Kier alpha value is -2.98. The minimum atomic E-state index is -0.778. The Kier molecular flexibility index (Phi) is 6.22. The average Bonchev–Trinajstić information content (AvgIpc) is 3.23. The summed E-state index contributed by atoms with van der Waals surface area (Å²) >= 11 is 0. The number of carbonyl (C=O) groups excluding carboxylic acids is 2. The predicted octanol–water partition coefficient (Wildman–Crippen LogP) is 2.50.